The minimum atomic E-state index is 0.699. The molecule has 0 saturated carbocycles. The quantitative estimate of drug-likeness (QED) is 0.736. The molecule has 0 heterocycles. The van der Waals surface area contributed by atoms with Crippen molar-refractivity contribution in [1.82, 2.24) is 0 Å². The Hall–Kier alpha value is -1.11. The first-order chi connectivity index (χ1) is 8.60. The molecule has 90 valence electrons. The van der Waals surface area contributed by atoms with Crippen LogP contribution in [0.1, 0.15) is 22.3 Å². The molecular weight excluding hydrogens is 354 g/mol. The summed E-state index contributed by atoms with van der Waals surface area (Å²) in [6.07, 6.45) is 0.862. The smallest absolute Gasteiger partial charge is 0.0991 e. The van der Waals surface area contributed by atoms with Gasteiger partial charge in [-0.15, -0.1) is 0 Å². The van der Waals surface area contributed by atoms with Crippen LogP contribution in [0.3, 0.4) is 0 Å². The standard InChI is InChI=1S/C15H11Br2N/c1-10-6-13(15(17)8-14(10)16)7-11-2-4-12(9-18)5-3-11/h2-6,8H,7H2,1H3. The Balaban J connectivity index is 2.28. The van der Waals surface area contributed by atoms with Gasteiger partial charge in [0.15, 0.2) is 0 Å². The Bertz CT molecular complexity index is 610. The lowest BCUT2D eigenvalue weighted by Gasteiger charge is -2.08. The van der Waals surface area contributed by atoms with Crippen LogP contribution in [0.2, 0.25) is 0 Å². The van der Waals surface area contributed by atoms with Crippen LogP contribution in [-0.4, -0.2) is 0 Å². The highest BCUT2D eigenvalue weighted by Crippen LogP contribution is 2.27. The van der Waals surface area contributed by atoms with Gasteiger partial charge in [0.25, 0.3) is 0 Å². The zero-order valence-corrected chi connectivity index (χ0v) is 13.0. The van der Waals surface area contributed by atoms with Crippen LogP contribution in [-0.2, 0) is 6.42 Å². The van der Waals surface area contributed by atoms with Crippen molar-refractivity contribution in [1.29, 1.82) is 5.26 Å². The molecule has 2 aromatic carbocycles. The molecule has 1 nitrogen and oxygen atoms in total. The van der Waals surface area contributed by atoms with Gasteiger partial charge in [0.05, 0.1) is 11.6 Å². The third-order valence-electron chi connectivity index (χ3n) is 2.81. The van der Waals surface area contributed by atoms with E-state index in [0.717, 1.165) is 15.4 Å². The zero-order chi connectivity index (χ0) is 13.1. The van der Waals surface area contributed by atoms with Gasteiger partial charge in [-0.3, -0.25) is 0 Å². The van der Waals surface area contributed by atoms with Gasteiger partial charge in [-0.25, -0.2) is 0 Å². The van der Waals surface area contributed by atoms with Crippen LogP contribution in [0.5, 0.6) is 0 Å². The predicted octanol–water partition coefficient (Wildman–Crippen LogP) is 4.98. The molecule has 3 heteroatoms. The van der Waals surface area contributed by atoms with Gasteiger partial charge < -0.3 is 0 Å². The molecule has 0 amide bonds. The molecule has 0 aliphatic rings. The lowest BCUT2D eigenvalue weighted by Crippen LogP contribution is -1.92. The number of benzene rings is 2. The van der Waals surface area contributed by atoms with E-state index in [-0.39, 0.29) is 0 Å². The molecule has 0 N–H and O–H groups in total. The third-order valence-corrected chi connectivity index (χ3v) is 4.40. The van der Waals surface area contributed by atoms with Gasteiger partial charge in [0, 0.05) is 8.95 Å². The molecule has 2 aromatic rings. The minimum absolute atomic E-state index is 0.699. The molecule has 0 unspecified atom stereocenters. The van der Waals surface area contributed by atoms with Gasteiger partial charge in [-0.1, -0.05) is 50.1 Å². The van der Waals surface area contributed by atoms with E-state index in [1.54, 1.807) is 0 Å². The summed E-state index contributed by atoms with van der Waals surface area (Å²) in [6.45, 7) is 2.08. The Labute approximate surface area is 124 Å². The first-order valence-corrected chi connectivity index (χ1v) is 7.12. The highest BCUT2D eigenvalue weighted by atomic mass is 79.9. The van der Waals surface area contributed by atoms with Gasteiger partial charge in [0.2, 0.25) is 0 Å². The molecule has 0 spiro atoms. The second-order valence-electron chi connectivity index (χ2n) is 4.18. The summed E-state index contributed by atoms with van der Waals surface area (Å²) in [5.41, 5.74) is 4.38. The van der Waals surface area contributed by atoms with Crippen LogP contribution in [0.4, 0.5) is 0 Å². The lowest BCUT2D eigenvalue weighted by molar-refractivity contribution is 1.16. The van der Waals surface area contributed by atoms with Crippen LogP contribution in [0, 0.1) is 18.3 Å². The summed E-state index contributed by atoms with van der Waals surface area (Å²) in [6, 6.07) is 14.1. The largest absolute Gasteiger partial charge is 0.192 e. The Morgan fingerprint density at radius 2 is 1.72 bits per heavy atom. The molecule has 0 fully saturated rings. The summed E-state index contributed by atoms with van der Waals surface area (Å²) in [5, 5.41) is 8.77. The molecule has 2 rings (SSSR count). The fourth-order valence-corrected chi connectivity index (χ4v) is 2.90. The van der Waals surface area contributed by atoms with Crippen molar-refractivity contribution >= 4 is 31.9 Å². The maximum absolute atomic E-state index is 8.77. The van der Waals surface area contributed by atoms with Gasteiger partial charge >= 0.3 is 0 Å². The Morgan fingerprint density at radius 1 is 1.06 bits per heavy atom. The zero-order valence-electron chi connectivity index (χ0n) is 9.87. The van der Waals surface area contributed by atoms with Crippen LogP contribution in [0.15, 0.2) is 45.3 Å². The van der Waals surface area contributed by atoms with Gasteiger partial charge in [0.1, 0.15) is 0 Å². The number of hydrogen-bond acceptors (Lipinski definition) is 1. The van der Waals surface area contributed by atoms with E-state index in [4.69, 9.17) is 5.26 Å². The summed E-state index contributed by atoms with van der Waals surface area (Å²) >= 11 is 7.10. The summed E-state index contributed by atoms with van der Waals surface area (Å²) in [7, 11) is 0. The van der Waals surface area contributed by atoms with Gasteiger partial charge in [-0.05, 0) is 48.2 Å². The van der Waals surface area contributed by atoms with Gasteiger partial charge in [-0.2, -0.15) is 5.26 Å². The normalized spacial score (nSPS) is 10.1. The first-order valence-electron chi connectivity index (χ1n) is 5.53. The van der Waals surface area contributed by atoms with Crippen molar-refractivity contribution in [3.63, 3.8) is 0 Å². The maximum atomic E-state index is 8.77. The average molecular weight is 365 g/mol. The molecule has 0 aliphatic carbocycles. The van der Waals surface area contributed by atoms with Crippen LogP contribution >= 0.6 is 31.9 Å². The summed E-state index contributed by atoms with van der Waals surface area (Å²) in [5.74, 6) is 0. The van der Waals surface area contributed by atoms with Crippen molar-refractivity contribution in [2.45, 2.75) is 13.3 Å². The fraction of sp³-hybridized carbons (Fsp3) is 0.133. The van der Waals surface area contributed by atoms with Crippen molar-refractivity contribution in [3.05, 3.63) is 67.6 Å². The summed E-state index contributed by atoms with van der Waals surface area (Å²) < 4.78 is 2.21. The van der Waals surface area contributed by atoms with Crippen molar-refractivity contribution in [2.24, 2.45) is 0 Å². The fourth-order valence-electron chi connectivity index (χ4n) is 1.77. The monoisotopic (exact) mass is 363 g/mol. The number of rotatable bonds is 2. The van der Waals surface area contributed by atoms with E-state index in [0.29, 0.717) is 5.56 Å². The Kier molecular flexibility index (Phi) is 4.21. The van der Waals surface area contributed by atoms with Crippen molar-refractivity contribution in [3.8, 4) is 6.07 Å². The predicted molar refractivity (Wildman–Crippen MR) is 80.5 cm³/mol. The second kappa shape index (κ2) is 5.69. The second-order valence-corrected chi connectivity index (χ2v) is 5.89. The number of nitriles is 1. The van der Waals surface area contributed by atoms with Crippen LogP contribution in [0.25, 0.3) is 0 Å². The first kappa shape index (κ1) is 13.3. The van der Waals surface area contributed by atoms with E-state index in [1.165, 1.54) is 16.7 Å². The number of nitrogens with zero attached hydrogens (tertiary/aromatic N) is 1. The molecule has 0 atom stereocenters. The average Bonchev–Trinajstić information content (AvgIpc) is 2.37. The number of aryl methyl sites for hydroxylation is 1. The van der Waals surface area contributed by atoms with Crippen LogP contribution < -0.4 is 0 Å². The molecular formula is C15H11Br2N. The molecule has 0 saturated heterocycles. The van der Waals surface area contributed by atoms with E-state index in [2.05, 4.69) is 57.0 Å². The molecule has 18 heavy (non-hydrogen) atoms. The topological polar surface area (TPSA) is 23.8 Å². The minimum Gasteiger partial charge on any atom is -0.192 e. The molecule has 0 bridgehead atoms. The summed E-state index contributed by atoms with van der Waals surface area (Å²) in [4.78, 5) is 0. The van der Waals surface area contributed by atoms with Crippen molar-refractivity contribution < 1.29 is 0 Å². The molecule has 0 aliphatic heterocycles. The number of halogens is 2. The Morgan fingerprint density at radius 3 is 2.33 bits per heavy atom. The van der Waals surface area contributed by atoms with E-state index in [9.17, 15) is 0 Å². The SMILES string of the molecule is Cc1cc(Cc2ccc(C#N)cc2)c(Br)cc1Br. The van der Waals surface area contributed by atoms with E-state index in [1.807, 2.05) is 24.3 Å². The lowest BCUT2D eigenvalue weighted by atomic mass is 10.0. The third kappa shape index (κ3) is 3.01. The highest BCUT2D eigenvalue weighted by molar-refractivity contribution is 9.11. The molecule has 0 radical (unpaired) electrons. The molecule has 0 aromatic heterocycles. The van der Waals surface area contributed by atoms with Crippen molar-refractivity contribution in [2.75, 3.05) is 0 Å². The van der Waals surface area contributed by atoms with E-state index >= 15 is 0 Å². The number of hydrogen-bond donors (Lipinski definition) is 0. The highest BCUT2D eigenvalue weighted by Gasteiger charge is 2.05. The maximum Gasteiger partial charge on any atom is 0.0991 e. The van der Waals surface area contributed by atoms with E-state index < -0.39 is 0 Å².